The van der Waals surface area contributed by atoms with Crippen LogP contribution in [0.2, 0.25) is 0 Å². The summed E-state index contributed by atoms with van der Waals surface area (Å²) in [6.07, 6.45) is 1.66. The fraction of sp³-hybridized carbons (Fsp3) is 0.333. The smallest absolute Gasteiger partial charge is 0.224 e. The van der Waals surface area contributed by atoms with Crippen molar-refractivity contribution in [3.8, 4) is 5.88 Å². The average molecular weight is 296 g/mol. The van der Waals surface area contributed by atoms with Gasteiger partial charge < -0.3 is 10.5 Å². The van der Waals surface area contributed by atoms with Gasteiger partial charge in [0.25, 0.3) is 0 Å². The summed E-state index contributed by atoms with van der Waals surface area (Å²) in [6, 6.07) is 5.87. The summed E-state index contributed by atoms with van der Waals surface area (Å²) in [5.74, 6) is 1.39. The van der Waals surface area contributed by atoms with Gasteiger partial charge in [-0.05, 0) is 31.2 Å². The van der Waals surface area contributed by atoms with Gasteiger partial charge in [-0.15, -0.1) is 0 Å². The zero-order valence-electron chi connectivity index (χ0n) is 9.61. The Bertz CT molecular complexity index is 530. The maximum Gasteiger partial charge on any atom is 0.224 e. The number of aromatic nitrogens is 2. The molecule has 4 nitrogen and oxygen atoms in total. The van der Waals surface area contributed by atoms with Crippen LogP contribution in [0.4, 0.5) is 0 Å². The normalized spacial score (nSPS) is 10.8. The molecule has 17 heavy (non-hydrogen) atoms. The summed E-state index contributed by atoms with van der Waals surface area (Å²) in [6.45, 7) is 0.643. The van der Waals surface area contributed by atoms with Crippen LogP contribution in [-0.2, 0) is 6.42 Å². The average Bonchev–Trinajstić information content (AvgIpc) is 2.35. The maximum atomic E-state index is 5.49. The van der Waals surface area contributed by atoms with Crippen LogP contribution in [0.1, 0.15) is 12.2 Å². The minimum Gasteiger partial charge on any atom is -0.480 e. The van der Waals surface area contributed by atoms with Crippen LogP contribution in [0.5, 0.6) is 5.88 Å². The van der Waals surface area contributed by atoms with Gasteiger partial charge in [-0.3, -0.25) is 0 Å². The summed E-state index contributed by atoms with van der Waals surface area (Å²) in [5.41, 5.74) is 6.38. The number of hydrogen-bond acceptors (Lipinski definition) is 4. The molecular weight excluding hydrogens is 282 g/mol. The standard InChI is InChI=1S/C12H14BrN3O/c1-17-12-9-7-8(13)4-5-10(9)15-11(16-12)3-2-6-14/h4-5,7H,2-3,6,14H2,1H3. The van der Waals surface area contributed by atoms with Gasteiger partial charge >= 0.3 is 0 Å². The molecule has 0 unspecified atom stereocenters. The van der Waals surface area contributed by atoms with E-state index in [1.165, 1.54) is 0 Å². The monoisotopic (exact) mass is 295 g/mol. The Balaban J connectivity index is 2.50. The molecule has 0 saturated heterocycles. The Kier molecular flexibility index (Phi) is 3.91. The molecule has 2 rings (SSSR count). The van der Waals surface area contributed by atoms with E-state index >= 15 is 0 Å². The lowest BCUT2D eigenvalue weighted by Gasteiger charge is -2.07. The number of methoxy groups -OCH3 is 1. The van der Waals surface area contributed by atoms with Crippen molar-refractivity contribution >= 4 is 26.8 Å². The number of benzene rings is 1. The molecule has 0 aliphatic heterocycles. The van der Waals surface area contributed by atoms with Crippen molar-refractivity contribution in [2.45, 2.75) is 12.8 Å². The van der Waals surface area contributed by atoms with E-state index in [0.29, 0.717) is 12.4 Å². The highest BCUT2D eigenvalue weighted by Gasteiger charge is 2.08. The predicted molar refractivity (Wildman–Crippen MR) is 71.2 cm³/mol. The van der Waals surface area contributed by atoms with Crippen LogP contribution in [0.25, 0.3) is 10.9 Å². The summed E-state index contributed by atoms with van der Waals surface area (Å²) < 4.78 is 6.29. The SMILES string of the molecule is COc1nc(CCCN)nc2ccc(Br)cc12. The Morgan fingerprint density at radius 3 is 2.88 bits per heavy atom. The first-order valence-electron chi connectivity index (χ1n) is 5.45. The molecule has 0 amide bonds. The Morgan fingerprint density at radius 2 is 2.18 bits per heavy atom. The third-order valence-corrected chi connectivity index (χ3v) is 2.96. The second-order valence-corrected chi connectivity index (χ2v) is 4.62. The van der Waals surface area contributed by atoms with Crippen molar-refractivity contribution in [1.29, 1.82) is 0 Å². The first-order valence-corrected chi connectivity index (χ1v) is 6.24. The lowest BCUT2D eigenvalue weighted by Crippen LogP contribution is -2.04. The van der Waals surface area contributed by atoms with Crippen LogP contribution >= 0.6 is 15.9 Å². The van der Waals surface area contributed by atoms with Crippen LogP contribution in [0.3, 0.4) is 0 Å². The van der Waals surface area contributed by atoms with Crippen molar-refractivity contribution in [2.24, 2.45) is 5.73 Å². The molecule has 2 aromatic rings. The van der Waals surface area contributed by atoms with E-state index in [2.05, 4.69) is 25.9 Å². The Hall–Kier alpha value is -1.20. The van der Waals surface area contributed by atoms with E-state index in [-0.39, 0.29) is 0 Å². The van der Waals surface area contributed by atoms with Crippen molar-refractivity contribution in [2.75, 3.05) is 13.7 Å². The zero-order chi connectivity index (χ0) is 12.3. The number of hydrogen-bond donors (Lipinski definition) is 1. The first-order chi connectivity index (χ1) is 8.24. The summed E-state index contributed by atoms with van der Waals surface area (Å²) in [5, 5.41) is 0.915. The molecule has 1 heterocycles. The molecule has 0 spiro atoms. The third-order valence-electron chi connectivity index (χ3n) is 2.47. The second-order valence-electron chi connectivity index (χ2n) is 3.70. The van der Waals surface area contributed by atoms with E-state index in [1.807, 2.05) is 18.2 Å². The summed E-state index contributed by atoms with van der Waals surface area (Å²) in [7, 11) is 1.62. The quantitative estimate of drug-likeness (QED) is 0.940. The van der Waals surface area contributed by atoms with Crippen LogP contribution in [-0.4, -0.2) is 23.6 Å². The molecule has 1 aromatic heterocycles. The molecule has 0 radical (unpaired) electrons. The molecule has 90 valence electrons. The third kappa shape index (κ3) is 2.73. The van der Waals surface area contributed by atoms with Gasteiger partial charge in [0.1, 0.15) is 5.82 Å². The van der Waals surface area contributed by atoms with Gasteiger partial charge in [0, 0.05) is 10.9 Å². The van der Waals surface area contributed by atoms with Crippen LogP contribution in [0.15, 0.2) is 22.7 Å². The molecule has 0 saturated carbocycles. The van der Waals surface area contributed by atoms with Gasteiger partial charge in [-0.1, -0.05) is 15.9 Å². The van der Waals surface area contributed by atoms with Crippen molar-refractivity contribution in [1.82, 2.24) is 9.97 Å². The number of halogens is 1. The van der Waals surface area contributed by atoms with Crippen molar-refractivity contribution < 1.29 is 4.74 Å². The molecule has 2 N–H and O–H groups in total. The molecule has 0 atom stereocenters. The van der Waals surface area contributed by atoms with Gasteiger partial charge in [0.05, 0.1) is 18.0 Å². The van der Waals surface area contributed by atoms with E-state index in [4.69, 9.17) is 10.5 Å². The predicted octanol–water partition coefficient (Wildman–Crippen LogP) is 2.29. The van der Waals surface area contributed by atoms with Gasteiger partial charge in [0.2, 0.25) is 5.88 Å². The van der Waals surface area contributed by atoms with Gasteiger partial charge in [0.15, 0.2) is 0 Å². The van der Waals surface area contributed by atoms with E-state index < -0.39 is 0 Å². The minimum absolute atomic E-state index is 0.614. The van der Waals surface area contributed by atoms with Crippen LogP contribution in [0, 0.1) is 0 Å². The summed E-state index contributed by atoms with van der Waals surface area (Å²) in [4.78, 5) is 8.88. The Morgan fingerprint density at radius 1 is 1.35 bits per heavy atom. The van der Waals surface area contributed by atoms with Gasteiger partial charge in [-0.25, -0.2) is 4.98 Å². The highest BCUT2D eigenvalue weighted by molar-refractivity contribution is 9.10. The zero-order valence-corrected chi connectivity index (χ0v) is 11.2. The highest BCUT2D eigenvalue weighted by atomic mass is 79.9. The Labute approximate surface area is 108 Å². The lowest BCUT2D eigenvalue weighted by molar-refractivity contribution is 0.400. The fourth-order valence-electron chi connectivity index (χ4n) is 1.65. The molecule has 0 fully saturated rings. The summed E-state index contributed by atoms with van der Waals surface area (Å²) >= 11 is 3.43. The minimum atomic E-state index is 0.614. The van der Waals surface area contributed by atoms with Crippen LogP contribution < -0.4 is 10.5 Å². The van der Waals surface area contributed by atoms with E-state index in [9.17, 15) is 0 Å². The molecule has 0 aliphatic carbocycles. The molecule has 0 bridgehead atoms. The highest BCUT2D eigenvalue weighted by Crippen LogP contribution is 2.25. The maximum absolute atomic E-state index is 5.49. The topological polar surface area (TPSA) is 61.0 Å². The lowest BCUT2D eigenvalue weighted by atomic mass is 10.2. The van der Waals surface area contributed by atoms with E-state index in [0.717, 1.165) is 34.0 Å². The molecule has 5 heteroatoms. The van der Waals surface area contributed by atoms with Crippen molar-refractivity contribution in [3.63, 3.8) is 0 Å². The largest absolute Gasteiger partial charge is 0.480 e. The molecule has 1 aromatic carbocycles. The fourth-order valence-corrected chi connectivity index (χ4v) is 2.01. The van der Waals surface area contributed by atoms with Gasteiger partial charge in [-0.2, -0.15) is 4.98 Å². The number of fused-ring (bicyclic) bond motifs is 1. The number of nitrogens with zero attached hydrogens (tertiary/aromatic N) is 2. The molecule has 0 aliphatic rings. The number of ether oxygens (including phenoxy) is 1. The van der Waals surface area contributed by atoms with Crippen molar-refractivity contribution in [3.05, 3.63) is 28.5 Å². The first kappa shape index (κ1) is 12.3. The second kappa shape index (κ2) is 5.42. The number of aryl methyl sites for hydroxylation is 1. The number of rotatable bonds is 4. The number of nitrogens with two attached hydrogens (primary N) is 1. The molecular formula is C12H14BrN3O. The van der Waals surface area contributed by atoms with E-state index in [1.54, 1.807) is 7.11 Å².